The van der Waals surface area contributed by atoms with Crippen LogP contribution in [0.5, 0.6) is 5.75 Å². The topological polar surface area (TPSA) is 75.7 Å². The third-order valence-electron chi connectivity index (χ3n) is 4.91. The summed E-state index contributed by atoms with van der Waals surface area (Å²) in [4.78, 5) is 12.7. The van der Waals surface area contributed by atoms with Crippen LogP contribution in [0, 0.1) is 6.92 Å². The minimum Gasteiger partial charge on any atom is -0.493 e. The normalized spacial score (nSPS) is 13.3. The molecule has 3 rings (SSSR count). The lowest BCUT2D eigenvalue weighted by Crippen LogP contribution is -2.31. The summed E-state index contributed by atoms with van der Waals surface area (Å²) in [5.74, 6) is 0.697. The fraction of sp³-hybridized carbons (Fsp3) is 0.381. The molecule has 0 fully saturated rings. The molecule has 1 aliphatic heterocycles. The van der Waals surface area contributed by atoms with E-state index in [9.17, 15) is 13.2 Å². The number of rotatable bonds is 7. The van der Waals surface area contributed by atoms with Gasteiger partial charge >= 0.3 is 0 Å². The maximum Gasteiger partial charge on any atom is 0.243 e. The Morgan fingerprint density at radius 1 is 1.14 bits per heavy atom. The number of sulfonamides is 1. The highest BCUT2D eigenvalue weighted by molar-refractivity contribution is 7.89. The van der Waals surface area contributed by atoms with E-state index in [1.165, 1.54) is 10.4 Å². The molecule has 0 radical (unpaired) electrons. The van der Waals surface area contributed by atoms with E-state index >= 15 is 0 Å². The smallest absolute Gasteiger partial charge is 0.243 e. The molecule has 1 aliphatic rings. The summed E-state index contributed by atoms with van der Waals surface area (Å²) in [6, 6.07) is 10.8. The Kier molecular flexibility index (Phi) is 6.05. The molecule has 150 valence electrons. The van der Waals surface area contributed by atoms with Crippen LogP contribution in [-0.2, 0) is 27.7 Å². The van der Waals surface area contributed by atoms with Crippen molar-refractivity contribution in [2.45, 2.75) is 38.5 Å². The largest absolute Gasteiger partial charge is 0.493 e. The van der Waals surface area contributed by atoms with E-state index in [0.29, 0.717) is 30.9 Å². The predicted octanol–water partition coefficient (Wildman–Crippen LogP) is 3.14. The number of benzene rings is 2. The van der Waals surface area contributed by atoms with Gasteiger partial charge in [-0.05, 0) is 41.8 Å². The van der Waals surface area contributed by atoms with Crippen molar-refractivity contribution >= 4 is 21.6 Å². The van der Waals surface area contributed by atoms with E-state index in [2.05, 4.69) is 5.32 Å². The molecule has 0 spiro atoms. The molecule has 2 aromatic rings. The molecule has 28 heavy (non-hydrogen) atoms. The number of nitrogens with zero attached hydrogens (tertiary/aromatic N) is 1. The first-order chi connectivity index (χ1) is 13.3. The number of fused-ring (bicyclic) bond motifs is 1. The zero-order chi connectivity index (χ0) is 20.3. The van der Waals surface area contributed by atoms with Gasteiger partial charge in [0.25, 0.3) is 0 Å². The summed E-state index contributed by atoms with van der Waals surface area (Å²) in [6.45, 7) is 6.86. The first-order valence-electron chi connectivity index (χ1n) is 9.50. The molecule has 1 amide bonds. The summed E-state index contributed by atoms with van der Waals surface area (Å²) < 4.78 is 32.6. The zero-order valence-corrected chi connectivity index (χ0v) is 17.3. The molecular formula is C21H26N2O4S. The second kappa shape index (κ2) is 8.32. The van der Waals surface area contributed by atoms with Crippen molar-refractivity contribution < 1.29 is 17.9 Å². The number of hydrogen-bond donors (Lipinski definition) is 1. The average molecular weight is 403 g/mol. The maximum absolute atomic E-state index is 12.9. The number of aryl methyl sites for hydroxylation is 1. The van der Waals surface area contributed by atoms with E-state index in [-0.39, 0.29) is 17.2 Å². The monoisotopic (exact) mass is 402 g/mol. The van der Waals surface area contributed by atoms with Crippen LogP contribution in [-0.4, -0.2) is 38.3 Å². The van der Waals surface area contributed by atoms with Crippen molar-refractivity contribution in [2.24, 2.45) is 0 Å². The molecule has 1 heterocycles. The van der Waals surface area contributed by atoms with Crippen LogP contribution < -0.4 is 10.1 Å². The third-order valence-corrected chi connectivity index (χ3v) is 7.11. The number of carbonyl (C=O) groups excluding carboxylic acids is 1. The first-order valence-corrected chi connectivity index (χ1v) is 10.9. The summed E-state index contributed by atoms with van der Waals surface area (Å²) >= 11 is 0. The Balaban J connectivity index is 1.76. The van der Waals surface area contributed by atoms with Gasteiger partial charge in [-0.1, -0.05) is 32.0 Å². The third kappa shape index (κ3) is 4.20. The standard InChI is InChI=1S/C21H26N2O4S/c1-4-23(5-2)28(25,26)20-14-18(8-6-15(20)3)22-21(24)13-16-7-9-19-17(12-16)10-11-27-19/h6-9,12,14H,4-5,10-11,13H2,1-3H3,(H,22,24). The van der Waals surface area contributed by atoms with Gasteiger partial charge in [0.1, 0.15) is 5.75 Å². The first kappa shape index (κ1) is 20.4. The summed E-state index contributed by atoms with van der Waals surface area (Å²) in [6.07, 6.45) is 1.08. The summed E-state index contributed by atoms with van der Waals surface area (Å²) in [7, 11) is -3.59. The Labute approximate surface area is 166 Å². The Hall–Kier alpha value is -2.38. The van der Waals surface area contributed by atoms with Crippen LogP contribution in [0.15, 0.2) is 41.3 Å². The number of amides is 1. The van der Waals surface area contributed by atoms with Gasteiger partial charge in [0.05, 0.1) is 17.9 Å². The second-order valence-electron chi connectivity index (χ2n) is 6.84. The van der Waals surface area contributed by atoms with E-state index in [1.807, 2.05) is 32.0 Å². The van der Waals surface area contributed by atoms with E-state index < -0.39 is 10.0 Å². The van der Waals surface area contributed by atoms with Gasteiger partial charge in [0, 0.05) is 25.2 Å². The lowest BCUT2D eigenvalue weighted by atomic mass is 10.1. The van der Waals surface area contributed by atoms with Gasteiger partial charge < -0.3 is 10.1 Å². The van der Waals surface area contributed by atoms with Gasteiger partial charge in [-0.25, -0.2) is 8.42 Å². The van der Waals surface area contributed by atoms with Crippen LogP contribution in [0.2, 0.25) is 0 Å². The summed E-state index contributed by atoms with van der Waals surface area (Å²) in [5, 5.41) is 2.82. The number of ether oxygens (including phenoxy) is 1. The Morgan fingerprint density at radius 3 is 2.61 bits per heavy atom. The predicted molar refractivity (Wildman–Crippen MR) is 109 cm³/mol. The molecular weight excluding hydrogens is 376 g/mol. The van der Waals surface area contributed by atoms with Crippen LogP contribution in [0.3, 0.4) is 0 Å². The maximum atomic E-state index is 12.9. The van der Waals surface area contributed by atoms with Crippen molar-refractivity contribution in [1.29, 1.82) is 0 Å². The quantitative estimate of drug-likeness (QED) is 0.772. The zero-order valence-electron chi connectivity index (χ0n) is 16.5. The SMILES string of the molecule is CCN(CC)S(=O)(=O)c1cc(NC(=O)Cc2ccc3c(c2)CCO3)ccc1C. The lowest BCUT2D eigenvalue weighted by molar-refractivity contribution is -0.115. The van der Waals surface area contributed by atoms with Crippen LogP contribution >= 0.6 is 0 Å². The van der Waals surface area contributed by atoms with E-state index in [1.54, 1.807) is 19.1 Å². The van der Waals surface area contributed by atoms with Gasteiger partial charge in [-0.2, -0.15) is 4.31 Å². The molecule has 0 saturated carbocycles. The fourth-order valence-electron chi connectivity index (χ4n) is 3.40. The van der Waals surface area contributed by atoms with E-state index in [0.717, 1.165) is 23.3 Å². The molecule has 0 atom stereocenters. The van der Waals surface area contributed by atoms with Crippen LogP contribution in [0.4, 0.5) is 5.69 Å². The van der Waals surface area contributed by atoms with E-state index in [4.69, 9.17) is 4.74 Å². The molecule has 6 nitrogen and oxygen atoms in total. The number of carbonyl (C=O) groups is 1. The van der Waals surface area contributed by atoms with Gasteiger partial charge in [0.2, 0.25) is 15.9 Å². The Bertz CT molecular complexity index is 982. The van der Waals surface area contributed by atoms with Crippen molar-refractivity contribution in [1.82, 2.24) is 4.31 Å². The minimum absolute atomic E-state index is 0.186. The van der Waals surface area contributed by atoms with Crippen molar-refractivity contribution in [3.8, 4) is 5.75 Å². The molecule has 1 N–H and O–H groups in total. The van der Waals surface area contributed by atoms with Gasteiger partial charge in [0.15, 0.2) is 0 Å². The minimum atomic E-state index is -3.59. The van der Waals surface area contributed by atoms with Crippen LogP contribution in [0.25, 0.3) is 0 Å². The van der Waals surface area contributed by atoms with Crippen molar-refractivity contribution in [3.63, 3.8) is 0 Å². The van der Waals surface area contributed by atoms with Gasteiger partial charge in [-0.15, -0.1) is 0 Å². The number of anilines is 1. The fourth-order valence-corrected chi connectivity index (χ4v) is 5.11. The lowest BCUT2D eigenvalue weighted by Gasteiger charge is -2.20. The molecule has 0 saturated heterocycles. The molecule has 7 heteroatoms. The van der Waals surface area contributed by atoms with Crippen molar-refractivity contribution in [2.75, 3.05) is 25.0 Å². The molecule has 0 aliphatic carbocycles. The summed E-state index contributed by atoms with van der Waals surface area (Å²) in [5.41, 5.74) is 3.16. The number of nitrogens with one attached hydrogen (secondary N) is 1. The molecule has 2 aromatic carbocycles. The van der Waals surface area contributed by atoms with Crippen molar-refractivity contribution in [3.05, 3.63) is 53.1 Å². The molecule has 0 bridgehead atoms. The highest BCUT2D eigenvalue weighted by Crippen LogP contribution is 2.27. The molecule has 0 aromatic heterocycles. The highest BCUT2D eigenvalue weighted by Gasteiger charge is 2.24. The molecule has 0 unspecified atom stereocenters. The van der Waals surface area contributed by atoms with Gasteiger partial charge in [-0.3, -0.25) is 4.79 Å². The average Bonchev–Trinajstić information content (AvgIpc) is 3.11. The second-order valence-corrected chi connectivity index (χ2v) is 8.74. The van der Waals surface area contributed by atoms with Crippen LogP contribution in [0.1, 0.15) is 30.5 Å². The Morgan fingerprint density at radius 2 is 1.89 bits per heavy atom. The highest BCUT2D eigenvalue weighted by atomic mass is 32.2. The number of hydrogen-bond acceptors (Lipinski definition) is 4.